The Hall–Kier alpha value is -2.82. The maximum Gasteiger partial charge on any atom is 0.181 e. The number of hydrogen-bond donors (Lipinski definition) is 2. The Labute approximate surface area is 122 Å². The number of benzene rings is 2. The van der Waals surface area contributed by atoms with Crippen LogP contribution in [0.1, 0.15) is 11.4 Å². The van der Waals surface area contributed by atoms with Crippen LogP contribution in [-0.2, 0) is 6.61 Å². The molecule has 0 fully saturated rings. The third kappa shape index (κ3) is 3.20. The van der Waals surface area contributed by atoms with E-state index in [1.165, 1.54) is 0 Å². The van der Waals surface area contributed by atoms with Gasteiger partial charge >= 0.3 is 0 Å². The number of aromatic nitrogens is 3. The lowest BCUT2D eigenvalue weighted by atomic mass is 10.2. The summed E-state index contributed by atoms with van der Waals surface area (Å²) in [5, 5.41) is 16.3. The molecule has 0 atom stereocenters. The summed E-state index contributed by atoms with van der Waals surface area (Å²) >= 11 is 0. The first-order valence-corrected chi connectivity index (χ1v) is 6.61. The SMILES string of the molecule is Cc1cccc(OCc2nc(-c3ccc(O)cc3)n[nH]2)c1. The summed E-state index contributed by atoms with van der Waals surface area (Å²) in [6, 6.07) is 14.6. The van der Waals surface area contributed by atoms with E-state index >= 15 is 0 Å². The fourth-order valence-electron chi connectivity index (χ4n) is 1.96. The Balaban J connectivity index is 1.69. The van der Waals surface area contributed by atoms with Crippen LogP contribution in [0.5, 0.6) is 11.5 Å². The highest BCUT2D eigenvalue weighted by Gasteiger charge is 2.06. The predicted octanol–water partition coefficient (Wildman–Crippen LogP) is 3.06. The Morgan fingerprint density at radius 1 is 1.14 bits per heavy atom. The Bertz CT molecular complexity index is 735. The van der Waals surface area contributed by atoms with Gasteiger partial charge in [-0.3, -0.25) is 5.10 Å². The van der Waals surface area contributed by atoms with E-state index in [4.69, 9.17) is 4.74 Å². The normalized spacial score (nSPS) is 10.5. The molecule has 106 valence electrons. The molecule has 3 aromatic rings. The van der Waals surface area contributed by atoms with Gasteiger partial charge in [0.05, 0.1) is 0 Å². The molecule has 21 heavy (non-hydrogen) atoms. The van der Waals surface area contributed by atoms with E-state index in [-0.39, 0.29) is 5.75 Å². The van der Waals surface area contributed by atoms with Crippen LogP contribution in [0.15, 0.2) is 48.5 Å². The number of nitrogens with one attached hydrogen (secondary N) is 1. The van der Waals surface area contributed by atoms with Crippen molar-refractivity contribution in [3.05, 3.63) is 59.9 Å². The van der Waals surface area contributed by atoms with Crippen LogP contribution >= 0.6 is 0 Å². The molecular weight excluding hydrogens is 266 g/mol. The van der Waals surface area contributed by atoms with Crippen LogP contribution in [0, 0.1) is 6.92 Å². The van der Waals surface area contributed by atoms with Crippen LogP contribution < -0.4 is 4.74 Å². The van der Waals surface area contributed by atoms with E-state index < -0.39 is 0 Å². The zero-order valence-corrected chi connectivity index (χ0v) is 11.6. The van der Waals surface area contributed by atoms with Crippen molar-refractivity contribution < 1.29 is 9.84 Å². The fourth-order valence-corrected chi connectivity index (χ4v) is 1.96. The zero-order valence-electron chi connectivity index (χ0n) is 11.6. The lowest BCUT2D eigenvalue weighted by Gasteiger charge is -2.04. The number of rotatable bonds is 4. The van der Waals surface area contributed by atoms with E-state index in [1.807, 2.05) is 31.2 Å². The average Bonchev–Trinajstić information content (AvgIpc) is 2.95. The van der Waals surface area contributed by atoms with Gasteiger partial charge in [0, 0.05) is 5.56 Å². The van der Waals surface area contributed by atoms with Crippen molar-refractivity contribution in [3.8, 4) is 22.9 Å². The topological polar surface area (TPSA) is 71.0 Å². The number of nitrogens with zero attached hydrogens (tertiary/aromatic N) is 2. The molecule has 0 aliphatic carbocycles. The molecule has 0 radical (unpaired) electrons. The van der Waals surface area contributed by atoms with Gasteiger partial charge in [-0.25, -0.2) is 4.98 Å². The highest BCUT2D eigenvalue weighted by Crippen LogP contribution is 2.19. The summed E-state index contributed by atoms with van der Waals surface area (Å²) in [5.41, 5.74) is 1.99. The van der Waals surface area contributed by atoms with Gasteiger partial charge in [-0.1, -0.05) is 12.1 Å². The summed E-state index contributed by atoms with van der Waals surface area (Å²) in [6.45, 7) is 2.35. The van der Waals surface area contributed by atoms with Crippen molar-refractivity contribution in [1.29, 1.82) is 0 Å². The summed E-state index contributed by atoms with van der Waals surface area (Å²) in [6.07, 6.45) is 0. The van der Waals surface area contributed by atoms with Crippen molar-refractivity contribution in [2.24, 2.45) is 0 Å². The highest BCUT2D eigenvalue weighted by atomic mass is 16.5. The molecule has 0 bridgehead atoms. The second kappa shape index (κ2) is 5.66. The Morgan fingerprint density at radius 2 is 1.95 bits per heavy atom. The van der Waals surface area contributed by atoms with Gasteiger partial charge in [0.25, 0.3) is 0 Å². The molecule has 1 aromatic heterocycles. The van der Waals surface area contributed by atoms with Gasteiger partial charge in [-0.2, -0.15) is 5.10 Å². The van der Waals surface area contributed by atoms with Gasteiger partial charge in [0.1, 0.15) is 18.1 Å². The Kier molecular flexibility index (Phi) is 3.55. The first-order chi connectivity index (χ1) is 10.2. The monoisotopic (exact) mass is 281 g/mol. The minimum atomic E-state index is 0.220. The second-order valence-corrected chi connectivity index (χ2v) is 4.76. The lowest BCUT2D eigenvalue weighted by molar-refractivity contribution is 0.296. The first kappa shape index (κ1) is 13.2. The standard InChI is InChI=1S/C16H15N3O2/c1-11-3-2-4-14(9-11)21-10-15-17-16(19-18-15)12-5-7-13(20)8-6-12/h2-9,20H,10H2,1H3,(H,17,18,19). The number of H-pyrrole nitrogens is 1. The molecule has 0 aliphatic heterocycles. The summed E-state index contributed by atoms with van der Waals surface area (Å²) in [7, 11) is 0. The lowest BCUT2D eigenvalue weighted by Crippen LogP contribution is -1.97. The van der Waals surface area contributed by atoms with Crippen molar-refractivity contribution in [2.45, 2.75) is 13.5 Å². The number of aromatic hydroxyl groups is 1. The maximum absolute atomic E-state index is 9.27. The number of ether oxygens (including phenoxy) is 1. The molecule has 2 aromatic carbocycles. The number of aromatic amines is 1. The quantitative estimate of drug-likeness (QED) is 0.771. The molecular formula is C16H15N3O2. The van der Waals surface area contributed by atoms with Crippen molar-refractivity contribution >= 4 is 0 Å². The molecule has 0 unspecified atom stereocenters. The number of phenols is 1. The predicted molar refractivity (Wildman–Crippen MR) is 79.0 cm³/mol. The van der Waals surface area contributed by atoms with Gasteiger partial charge in [-0.15, -0.1) is 0 Å². The fraction of sp³-hybridized carbons (Fsp3) is 0.125. The van der Waals surface area contributed by atoms with E-state index in [9.17, 15) is 5.11 Å². The van der Waals surface area contributed by atoms with Crippen molar-refractivity contribution in [2.75, 3.05) is 0 Å². The zero-order chi connectivity index (χ0) is 14.7. The van der Waals surface area contributed by atoms with Gasteiger partial charge in [0.2, 0.25) is 0 Å². The van der Waals surface area contributed by atoms with E-state index in [1.54, 1.807) is 24.3 Å². The minimum Gasteiger partial charge on any atom is -0.508 e. The van der Waals surface area contributed by atoms with E-state index in [0.29, 0.717) is 18.3 Å². The Morgan fingerprint density at radius 3 is 2.71 bits per heavy atom. The number of hydrogen-bond acceptors (Lipinski definition) is 4. The molecule has 3 rings (SSSR count). The third-order valence-corrected chi connectivity index (χ3v) is 3.02. The third-order valence-electron chi connectivity index (χ3n) is 3.02. The highest BCUT2D eigenvalue weighted by molar-refractivity contribution is 5.55. The smallest absolute Gasteiger partial charge is 0.181 e. The number of phenolic OH excluding ortho intramolecular Hbond substituents is 1. The van der Waals surface area contributed by atoms with E-state index in [2.05, 4.69) is 15.2 Å². The largest absolute Gasteiger partial charge is 0.508 e. The molecule has 0 aliphatic rings. The molecule has 2 N–H and O–H groups in total. The van der Waals surface area contributed by atoms with Gasteiger partial charge in [0.15, 0.2) is 11.6 Å². The molecule has 5 heteroatoms. The summed E-state index contributed by atoms with van der Waals surface area (Å²) in [4.78, 5) is 4.37. The van der Waals surface area contributed by atoms with Crippen LogP contribution in [-0.4, -0.2) is 20.3 Å². The maximum atomic E-state index is 9.27. The molecule has 0 spiro atoms. The summed E-state index contributed by atoms with van der Waals surface area (Å²) in [5.74, 6) is 2.26. The van der Waals surface area contributed by atoms with Crippen molar-refractivity contribution in [3.63, 3.8) is 0 Å². The van der Waals surface area contributed by atoms with Crippen molar-refractivity contribution in [1.82, 2.24) is 15.2 Å². The number of aryl methyl sites for hydroxylation is 1. The average molecular weight is 281 g/mol. The van der Waals surface area contributed by atoms with Crippen LogP contribution in [0.4, 0.5) is 0 Å². The van der Waals surface area contributed by atoms with E-state index in [0.717, 1.165) is 16.9 Å². The molecule has 5 nitrogen and oxygen atoms in total. The van der Waals surface area contributed by atoms with Crippen LogP contribution in [0.3, 0.4) is 0 Å². The van der Waals surface area contributed by atoms with Crippen LogP contribution in [0.2, 0.25) is 0 Å². The minimum absolute atomic E-state index is 0.220. The first-order valence-electron chi connectivity index (χ1n) is 6.61. The van der Waals surface area contributed by atoms with Crippen LogP contribution in [0.25, 0.3) is 11.4 Å². The second-order valence-electron chi connectivity index (χ2n) is 4.76. The molecule has 0 saturated carbocycles. The summed E-state index contributed by atoms with van der Waals surface area (Å²) < 4.78 is 5.67. The van der Waals surface area contributed by atoms with Gasteiger partial charge in [-0.05, 0) is 48.9 Å². The molecule has 1 heterocycles. The molecule has 0 saturated heterocycles. The molecule has 0 amide bonds. The van der Waals surface area contributed by atoms with Gasteiger partial charge < -0.3 is 9.84 Å².